The first-order chi connectivity index (χ1) is 9.63. The number of rotatable bonds is 3. The van der Waals surface area contributed by atoms with Crippen molar-refractivity contribution in [2.75, 3.05) is 0 Å². The summed E-state index contributed by atoms with van der Waals surface area (Å²) in [5.41, 5.74) is 0.628. The Hall–Kier alpha value is -2.48. The summed E-state index contributed by atoms with van der Waals surface area (Å²) < 4.78 is 10.9. The molecule has 0 amide bonds. The van der Waals surface area contributed by atoms with Gasteiger partial charge in [-0.3, -0.25) is 10.1 Å². The smallest absolute Gasteiger partial charge is 0.293 e. The molecule has 0 fully saturated rings. The Morgan fingerprint density at radius 1 is 1.15 bits per heavy atom. The van der Waals surface area contributed by atoms with Gasteiger partial charge >= 0.3 is 0 Å². The normalized spacial score (nSPS) is 10.7. The van der Waals surface area contributed by atoms with Crippen molar-refractivity contribution in [3.8, 4) is 23.0 Å². The van der Waals surface area contributed by atoms with Crippen LogP contribution in [-0.4, -0.2) is 15.1 Å². The van der Waals surface area contributed by atoms with Crippen molar-refractivity contribution in [1.29, 1.82) is 0 Å². The average molecular weight is 336 g/mol. The Kier molecular flexibility index (Phi) is 3.07. The molecule has 3 aromatic rings. The fourth-order valence-electron chi connectivity index (χ4n) is 1.60. The molecule has 0 saturated carbocycles. The van der Waals surface area contributed by atoms with Crippen LogP contribution in [0.2, 0.25) is 0 Å². The molecule has 0 N–H and O–H groups in total. The molecule has 1 aromatic carbocycles. The van der Waals surface area contributed by atoms with E-state index < -0.39 is 4.92 Å². The minimum absolute atomic E-state index is 0.00688. The van der Waals surface area contributed by atoms with Crippen molar-refractivity contribution >= 4 is 21.6 Å². The summed E-state index contributed by atoms with van der Waals surface area (Å²) in [4.78, 5) is 14.3. The van der Waals surface area contributed by atoms with Crippen molar-refractivity contribution in [2.24, 2.45) is 0 Å². The molecule has 0 saturated heterocycles. The lowest BCUT2D eigenvalue weighted by Gasteiger charge is -1.93. The van der Waals surface area contributed by atoms with Gasteiger partial charge in [0.25, 0.3) is 11.6 Å². The van der Waals surface area contributed by atoms with Crippen LogP contribution in [-0.2, 0) is 0 Å². The second-order valence-corrected chi connectivity index (χ2v) is 4.61. The first kappa shape index (κ1) is 12.5. The zero-order chi connectivity index (χ0) is 14.1. The molecule has 7 nitrogen and oxygen atoms in total. The van der Waals surface area contributed by atoms with Crippen LogP contribution < -0.4 is 0 Å². The third kappa shape index (κ3) is 2.32. The number of benzene rings is 1. The second kappa shape index (κ2) is 4.89. The highest BCUT2D eigenvalue weighted by molar-refractivity contribution is 9.10. The molecule has 0 bridgehead atoms. The SMILES string of the molecule is O=[N+]([O-])c1ccc(-c2noc(-c3ccc(Br)o3)n2)cc1. The number of nitro benzene ring substituents is 1. The molecular weight excluding hydrogens is 330 g/mol. The topological polar surface area (TPSA) is 95.2 Å². The summed E-state index contributed by atoms with van der Waals surface area (Å²) >= 11 is 3.18. The third-order valence-electron chi connectivity index (χ3n) is 2.55. The van der Waals surface area contributed by atoms with Gasteiger partial charge in [-0.2, -0.15) is 4.98 Å². The van der Waals surface area contributed by atoms with E-state index in [1.165, 1.54) is 12.1 Å². The largest absolute Gasteiger partial charge is 0.444 e. The molecule has 0 atom stereocenters. The van der Waals surface area contributed by atoms with E-state index in [-0.39, 0.29) is 11.6 Å². The van der Waals surface area contributed by atoms with E-state index in [4.69, 9.17) is 8.94 Å². The molecule has 0 spiro atoms. The van der Waals surface area contributed by atoms with E-state index >= 15 is 0 Å². The lowest BCUT2D eigenvalue weighted by atomic mass is 10.2. The van der Waals surface area contributed by atoms with Gasteiger partial charge in [0.05, 0.1) is 4.92 Å². The lowest BCUT2D eigenvalue weighted by Crippen LogP contribution is -1.87. The van der Waals surface area contributed by atoms with Crippen molar-refractivity contribution < 1.29 is 13.9 Å². The molecule has 100 valence electrons. The highest BCUT2D eigenvalue weighted by atomic mass is 79.9. The van der Waals surface area contributed by atoms with Gasteiger partial charge in [0.2, 0.25) is 5.82 Å². The first-order valence-corrected chi connectivity index (χ1v) is 6.27. The molecule has 0 radical (unpaired) electrons. The number of non-ortho nitro benzene ring substituents is 1. The van der Waals surface area contributed by atoms with Crippen molar-refractivity contribution in [3.63, 3.8) is 0 Å². The maximum absolute atomic E-state index is 10.6. The van der Waals surface area contributed by atoms with E-state index in [0.29, 0.717) is 21.8 Å². The van der Waals surface area contributed by atoms with Crippen LogP contribution >= 0.6 is 15.9 Å². The van der Waals surface area contributed by atoms with Crippen LogP contribution in [0.25, 0.3) is 23.0 Å². The molecule has 20 heavy (non-hydrogen) atoms. The minimum Gasteiger partial charge on any atom is -0.444 e. The molecule has 0 aliphatic heterocycles. The number of hydrogen-bond donors (Lipinski definition) is 0. The number of halogens is 1. The summed E-state index contributed by atoms with van der Waals surface area (Å²) in [7, 11) is 0. The Balaban J connectivity index is 1.91. The van der Waals surface area contributed by atoms with Gasteiger partial charge in [-0.15, -0.1) is 0 Å². The highest BCUT2D eigenvalue weighted by Gasteiger charge is 2.14. The van der Waals surface area contributed by atoms with Gasteiger partial charge in [-0.05, 0) is 40.2 Å². The number of furan rings is 1. The van der Waals surface area contributed by atoms with E-state index in [1.54, 1.807) is 24.3 Å². The van der Waals surface area contributed by atoms with Gasteiger partial charge < -0.3 is 8.94 Å². The second-order valence-electron chi connectivity index (χ2n) is 3.83. The van der Waals surface area contributed by atoms with Crippen LogP contribution in [0.3, 0.4) is 0 Å². The van der Waals surface area contributed by atoms with Crippen LogP contribution in [0.1, 0.15) is 0 Å². The first-order valence-electron chi connectivity index (χ1n) is 5.48. The van der Waals surface area contributed by atoms with E-state index in [0.717, 1.165) is 0 Å². The highest BCUT2D eigenvalue weighted by Crippen LogP contribution is 2.26. The lowest BCUT2D eigenvalue weighted by molar-refractivity contribution is -0.384. The zero-order valence-electron chi connectivity index (χ0n) is 9.82. The number of aromatic nitrogens is 2. The number of nitro groups is 1. The summed E-state index contributed by atoms with van der Waals surface area (Å²) in [5.74, 6) is 1.02. The molecule has 8 heteroatoms. The summed E-state index contributed by atoms with van der Waals surface area (Å²) in [6.07, 6.45) is 0. The van der Waals surface area contributed by atoms with Gasteiger partial charge in [-0.1, -0.05) is 5.16 Å². The van der Waals surface area contributed by atoms with Crippen molar-refractivity contribution in [2.45, 2.75) is 0 Å². The predicted molar refractivity (Wildman–Crippen MR) is 71.8 cm³/mol. The fourth-order valence-corrected chi connectivity index (χ4v) is 1.91. The summed E-state index contributed by atoms with van der Waals surface area (Å²) in [6, 6.07) is 9.29. The molecule has 2 aromatic heterocycles. The molecule has 3 rings (SSSR count). The quantitative estimate of drug-likeness (QED) is 0.535. The molecule has 2 heterocycles. The average Bonchev–Trinajstić information content (AvgIpc) is 3.07. The van der Waals surface area contributed by atoms with E-state index in [1.807, 2.05) is 0 Å². The molecule has 0 aliphatic carbocycles. The van der Waals surface area contributed by atoms with Gasteiger partial charge in [0.1, 0.15) is 0 Å². The van der Waals surface area contributed by atoms with E-state index in [9.17, 15) is 10.1 Å². The van der Waals surface area contributed by atoms with Gasteiger partial charge in [-0.25, -0.2) is 0 Å². The zero-order valence-corrected chi connectivity index (χ0v) is 11.4. The fraction of sp³-hybridized carbons (Fsp3) is 0. The van der Waals surface area contributed by atoms with Crippen LogP contribution in [0.5, 0.6) is 0 Å². The molecule has 0 unspecified atom stereocenters. The third-order valence-corrected chi connectivity index (χ3v) is 2.97. The Labute approximate surface area is 120 Å². The summed E-state index contributed by atoms with van der Waals surface area (Å²) in [5, 5.41) is 14.4. The number of nitrogens with zero attached hydrogens (tertiary/aromatic N) is 3. The maximum Gasteiger partial charge on any atom is 0.293 e. The van der Waals surface area contributed by atoms with Gasteiger partial charge in [0, 0.05) is 17.7 Å². The monoisotopic (exact) mass is 335 g/mol. The van der Waals surface area contributed by atoms with Crippen molar-refractivity contribution in [1.82, 2.24) is 10.1 Å². The van der Waals surface area contributed by atoms with Gasteiger partial charge in [0.15, 0.2) is 10.4 Å². The van der Waals surface area contributed by atoms with Crippen LogP contribution in [0, 0.1) is 10.1 Å². The Morgan fingerprint density at radius 3 is 2.50 bits per heavy atom. The molecular formula is C12H6BrN3O4. The molecule has 0 aliphatic rings. The van der Waals surface area contributed by atoms with Crippen LogP contribution in [0.4, 0.5) is 5.69 Å². The summed E-state index contributed by atoms with van der Waals surface area (Å²) in [6.45, 7) is 0. The number of hydrogen-bond acceptors (Lipinski definition) is 6. The van der Waals surface area contributed by atoms with Crippen molar-refractivity contribution in [3.05, 3.63) is 51.2 Å². The predicted octanol–water partition coefficient (Wildman–Crippen LogP) is 3.67. The maximum atomic E-state index is 10.6. The Morgan fingerprint density at radius 2 is 1.90 bits per heavy atom. The standard InChI is InChI=1S/C12H6BrN3O4/c13-10-6-5-9(19-10)12-14-11(15-20-12)7-1-3-8(4-2-7)16(17)18/h1-6H. The van der Waals surface area contributed by atoms with Crippen LogP contribution in [0.15, 0.2) is 50.0 Å². The van der Waals surface area contributed by atoms with E-state index in [2.05, 4.69) is 26.1 Å². The minimum atomic E-state index is -0.466. The Bertz CT molecular complexity index is 763.